The normalized spacial score (nSPS) is 22.3. The summed E-state index contributed by atoms with van der Waals surface area (Å²) in [5.74, 6) is -0.0386. The highest BCUT2D eigenvalue weighted by atomic mass is 16.6. The molecule has 4 atom stereocenters. The SMILES string of the molecule is CCOC(=O)c1ccc(N2C(=O)C3NNC(c4ccc(OCC)cc4)C3C2c2ccc([N+](=O)[O-])cc2)cc1. The fraction of sp³-hybridized carbons (Fsp3) is 0.286. The molecule has 5 rings (SSSR count). The molecule has 4 unspecified atom stereocenters. The maximum Gasteiger partial charge on any atom is 0.338 e. The number of carbonyl (C=O) groups is 2. The molecule has 1 amide bonds. The van der Waals surface area contributed by atoms with Crippen molar-refractivity contribution >= 4 is 23.3 Å². The predicted molar refractivity (Wildman–Crippen MR) is 140 cm³/mol. The number of non-ortho nitro benzene ring substituents is 1. The summed E-state index contributed by atoms with van der Waals surface area (Å²) in [5.41, 5.74) is 9.20. The second-order valence-electron chi connectivity index (χ2n) is 9.09. The van der Waals surface area contributed by atoms with Crippen LogP contribution in [0.4, 0.5) is 11.4 Å². The van der Waals surface area contributed by atoms with Crippen LogP contribution in [0.1, 0.15) is 47.4 Å². The number of hydrogen-bond acceptors (Lipinski definition) is 8. The molecule has 2 aliphatic rings. The van der Waals surface area contributed by atoms with Gasteiger partial charge in [0.1, 0.15) is 11.8 Å². The topological polar surface area (TPSA) is 123 Å². The van der Waals surface area contributed by atoms with Gasteiger partial charge in [0, 0.05) is 23.7 Å². The molecule has 0 radical (unpaired) electrons. The zero-order valence-corrected chi connectivity index (χ0v) is 21.0. The zero-order valence-electron chi connectivity index (χ0n) is 21.0. The molecular weight excluding hydrogens is 488 g/mol. The summed E-state index contributed by atoms with van der Waals surface area (Å²) in [4.78, 5) is 38.5. The molecule has 2 N–H and O–H groups in total. The molecule has 0 aromatic heterocycles. The van der Waals surface area contributed by atoms with Crippen molar-refractivity contribution < 1.29 is 24.0 Å². The van der Waals surface area contributed by atoms with E-state index in [0.29, 0.717) is 17.9 Å². The Morgan fingerprint density at radius 1 is 0.895 bits per heavy atom. The van der Waals surface area contributed by atoms with Crippen LogP contribution in [0.5, 0.6) is 5.75 Å². The van der Waals surface area contributed by atoms with Crippen LogP contribution >= 0.6 is 0 Å². The van der Waals surface area contributed by atoms with Crippen LogP contribution in [0.2, 0.25) is 0 Å². The maximum absolute atomic E-state index is 13.8. The summed E-state index contributed by atoms with van der Waals surface area (Å²) < 4.78 is 10.7. The molecule has 2 fully saturated rings. The Hall–Kier alpha value is -4.28. The van der Waals surface area contributed by atoms with Crippen LogP contribution in [0.3, 0.4) is 0 Å². The van der Waals surface area contributed by atoms with Crippen molar-refractivity contribution in [3.05, 3.63) is 99.6 Å². The molecule has 0 saturated carbocycles. The number of esters is 1. The number of nitro benzene ring substituents is 1. The summed E-state index contributed by atoms with van der Waals surface area (Å²) in [7, 11) is 0. The van der Waals surface area contributed by atoms with Gasteiger partial charge in [-0.15, -0.1) is 0 Å². The molecule has 10 nitrogen and oxygen atoms in total. The van der Waals surface area contributed by atoms with E-state index in [1.807, 2.05) is 31.2 Å². The Morgan fingerprint density at radius 2 is 1.53 bits per heavy atom. The number of anilines is 1. The molecule has 38 heavy (non-hydrogen) atoms. The van der Waals surface area contributed by atoms with E-state index in [-0.39, 0.29) is 30.2 Å². The largest absolute Gasteiger partial charge is 0.494 e. The third kappa shape index (κ3) is 4.59. The van der Waals surface area contributed by atoms with E-state index in [2.05, 4.69) is 10.9 Å². The minimum Gasteiger partial charge on any atom is -0.494 e. The Labute approximate surface area is 219 Å². The Kier molecular flexibility index (Phi) is 7.08. The second-order valence-corrected chi connectivity index (χ2v) is 9.09. The first-order valence-electron chi connectivity index (χ1n) is 12.5. The molecular formula is C28H28N4O6. The van der Waals surface area contributed by atoms with Gasteiger partial charge in [-0.25, -0.2) is 15.6 Å². The number of ether oxygens (including phenoxy) is 2. The number of nitro groups is 1. The fourth-order valence-corrected chi connectivity index (χ4v) is 5.28. The highest BCUT2D eigenvalue weighted by Crippen LogP contribution is 2.49. The summed E-state index contributed by atoms with van der Waals surface area (Å²) in [5, 5.41) is 11.3. The van der Waals surface area contributed by atoms with Gasteiger partial charge in [-0.1, -0.05) is 24.3 Å². The number of nitrogens with one attached hydrogen (secondary N) is 2. The van der Waals surface area contributed by atoms with E-state index in [1.165, 1.54) is 12.1 Å². The Balaban J connectivity index is 1.54. The smallest absolute Gasteiger partial charge is 0.338 e. The number of nitrogens with zero attached hydrogens (tertiary/aromatic N) is 2. The number of hydrogen-bond donors (Lipinski definition) is 2. The molecule has 3 aromatic carbocycles. The monoisotopic (exact) mass is 516 g/mol. The lowest BCUT2D eigenvalue weighted by Crippen LogP contribution is -2.41. The zero-order chi connectivity index (χ0) is 26.8. The molecule has 2 heterocycles. The van der Waals surface area contributed by atoms with E-state index in [0.717, 1.165) is 16.9 Å². The summed E-state index contributed by atoms with van der Waals surface area (Å²) in [6, 6.07) is 19.6. The number of hydrazine groups is 1. The average molecular weight is 517 g/mol. The highest BCUT2D eigenvalue weighted by molar-refractivity contribution is 6.02. The van der Waals surface area contributed by atoms with Crippen LogP contribution in [0.15, 0.2) is 72.8 Å². The fourth-order valence-electron chi connectivity index (χ4n) is 5.28. The molecule has 2 aliphatic heterocycles. The summed E-state index contributed by atoms with van der Waals surface area (Å²) in [6.07, 6.45) is 0. The van der Waals surface area contributed by atoms with Crippen molar-refractivity contribution in [1.82, 2.24) is 10.9 Å². The number of benzene rings is 3. The van der Waals surface area contributed by atoms with Crippen molar-refractivity contribution in [2.45, 2.75) is 32.0 Å². The lowest BCUT2D eigenvalue weighted by molar-refractivity contribution is -0.384. The van der Waals surface area contributed by atoms with Crippen molar-refractivity contribution in [2.75, 3.05) is 18.1 Å². The van der Waals surface area contributed by atoms with E-state index in [1.54, 1.807) is 48.2 Å². The minimum atomic E-state index is -0.531. The molecule has 2 saturated heterocycles. The number of carbonyl (C=O) groups excluding carboxylic acids is 2. The van der Waals surface area contributed by atoms with Crippen LogP contribution in [-0.4, -0.2) is 36.1 Å². The minimum absolute atomic E-state index is 0.0225. The number of fused-ring (bicyclic) bond motifs is 1. The maximum atomic E-state index is 13.8. The van der Waals surface area contributed by atoms with Gasteiger partial charge in [-0.3, -0.25) is 14.9 Å². The standard InChI is InChI=1S/C28H28N4O6/c1-3-37-22-15-9-17(10-16-22)24-23-25(30-29-24)27(33)31(20-11-7-19(8-12-20)28(34)38-4-2)26(23)18-5-13-21(14-6-18)32(35)36/h5-16,23-26,29-30H,3-4H2,1-2H3. The van der Waals surface area contributed by atoms with E-state index >= 15 is 0 Å². The molecule has 0 aliphatic carbocycles. The second kappa shape index (κ2) is 10.6. The van der Waals surface area contributed by atoms with Crippen LogP contribution in [0.25, 0.3) is 0 Å². The van der Waals surface area contributed by atoms with Crippen molar-refractivity contribution in [1.29, 1.82) is 0 Å². The van der Waals surface area contributed by atoms with Crippen molar-refractivity contribution in [2.24, 2.45) is 5.92 Å². The van der Waals surface area contributed by atoms with Gasteiger partial charge in [-0.05, 0) is 61.4 Å². The van der Waals surface area contributed by atoms with E-state index in [9.17, 15) is 19.7 Å². The van der Waals surface area contributed by atoms with Gasteiger partial charge in [0.2, 0.25) is 5.91 Å². The molecule has 0 bridgehead atoms. The number of rotatable bonds is 8. The molecule has 10 heteroatoms. The van der Waals surface area contributed by atoms with Crippen LogP contribution in [0, 0.1) is 16.0 Å². The molecule has 0 spiro atoms. The van der Waals surface area contributed by atoms with E-state index in [4.69, 9.17) is 9.47 Å². The van der Waals surface area contributed by atoms with Crippen molar-refractivity contribution in [3.8, 4) is 5.75 Å². The van der Waals surface area contributed by atoms with Crippen LogP contribution in [-0.2, 0) is 9.53 Å². The lowest BCUT2D eigenvalue weighted by atomic mass is 9.83. The first-order chi connectivity index (χ1) is 18.4. The van der Waals surface area contributed by atoms with E-state index < -0.39 is 23.0 Å². The van der Waals surface area contributed by atoms with Crippen molar-refractivity contribution in [3.63, 3.8) is 0 Å². The van der Waals surface area contributed by atoms with Crippen LogP contribution < -0.4 is 20.5 Å². The lowest BCUT2D eigenvalue weighted by Gasteiger charge is -2.31. The Bertz CT molecular complexity index is 1330. The van der Waals surface area contributed by atoms with Gasteiger partial charge >= 0.3 is 5.97 Å². The first-order valence-corrected chi connectivity index (χ1v) is 12.5. The third-order valence-electron chi connectivity index (χ3n) is 6.96. The molecule has 3 aromatic rings. The van der Waals surface area contributed by atoms with Gasteiger partial charge in [0.25, 0.3) is 5.69 Å². The average Bonchev–Trinajstić information content (AvgIpc) is 3.48. The summed E-state index contributed by atoms with van der Waals surface area (Å²) in [6.45, 7) is 4.49. The van der Waals surface area contributed by atoms with Gasteiger partial charge in [-0.2, -0.15) is 0 Å². The quantitative estimate of drug-likeness (QED) is 0.261. The highest BCUT2D eigenvalue weighted by Gasteiger charge is 2.56. The van der Waals surface area contributed by atoms with Gasteiger partial charge in [0.05, 0.1) is 35.8 Å². The van der Waals surface area contributed by atoms with Gasteiger partial charge in [0.15, 0.2) is 0 Å². The molecule has 196 valence electrons. The van der Waals surface area contributed by atoms with Gasteiger partial charge < -0.3 is 14.4 Å². The third-order valence-corrected chi connectivity index (χ3v) is 6.96. The Morgan fingerprint density at radius 3 is 2.13 bits per heavy atom. The number of amides is 1. The summed E-state index contributed by atoms with van der Waals surface area (Å²) >= 11 is 0. The first kappa shape index (κ1) is 25.4. The predicted octanol–water partition coefficient (Wildman–Crippen LogP) is 4.09.